The van der Waals surface area contributed by atoms with Gasteiger partial charge in [0.2, 0.25) is 23.6 Å². The number of alkyl carbamates (subject to hydrolysis) is 1. The average Bonchev–Trinajstić information content (AvgIpc) is 0.865. The third-order valence-electron chi connectivity index (χ3n) is 15.9. The first-order valence-electron chi connectivity index (χ1n) is 35.4. The van der Waals surface area contributed by atoms with Crippen molar-refractivity contribution < 1.29 is 72.7 Å². The number of aliphatic carboxylic acids is 1. The third-order valence-corrected chi connectivity index (χ3v) is 15.9. The van der Waals surface area contributed by atoms with E-state index in [0.717, 1.165) is 28.7 Å². The topological polar surface area (TPSA) is 380 Å². The molecule has 8 atom stereocenters. The zero-order valence-electron chi connectivity index (χ0n) is 60.5. The fraction of sp³-hybridized carbons (Fsp3) is 0.571. The van der Waals surface area contributed by atoms with Gasteiger partial charge in [0.05, 0.1) is 57.2 Å². The van der Waals surface area contributed by atoms with Gasteiger partial charge in [0.1, 0.15) is 11.6 Å². The number of hydrogen-bond acceptors (Lipinski definition) is 17. The maximum atomic E-state index is 13.9. The molecule has 0 saturated heterocycles. The Morgan fingerprint density at radius 1 is 0.460 bits per heavy atom. The molecular weight excluding hydrogens is 1280 g/mol. The molecule has 0 spiro atoms. The Bertz CT molecular complexity index is 2950. The molecule has 0 unspecified atom stereocenters. The van der Waals surface area contributed by atoms with Crippen LogP contribution in [0.3, 0.4) is 0 Å². The van der Waals surface area contributed by atoms with E-state index >= 15 is 0 Å². The van der Waals surface area contributed by atoms with Crippen LogP contribution in [0.15, 0.2) is 121 Å². The molecule has 5 amide bonds. The highest BCUT2D eigenvalue weighted by molar-refractivity contribution is 5.96. The number of amides is 5. The van der Waals surface area contributed by atoms with Crippen LogP contribution in [0.1, 0.15) is 155 Å². The number of unbranched alkanes of at least 4 members (excludes halogenated alkanes) is 2. The Morgan fingerprint density at radius 2 is 0.870 bits per heavy atom. The molecule has 556 valence electrons. The second-order valence-corrected chi connectivity index (χ2v) is 27.1. The molecule has 0 aliphatic carbocycles. The van der Waals surface area contributed by atoms with Crippen molar-refractivity contribution in [3.8, 4) is 0 Å². The minimum atomic E-state index is -1.17. The minimum Gasteiger partial charge on any atom is -0.480 e. The van der Waals surface area contributed by atoms with Crippen LogP contribution >= 0.6 is 0 Å². The summed E-state index contributed by atoms with van der Waals surface area (Å²) in [5, 5.41) is 40.9. The number of aliphatic hydroxyl groups is 2. The number of nitrogens with two attached hydrogens (primary N) is 3. The predicted octanol–water partition coefficient (Wildman–Crippen LogP) is 7.31. The third kappa shape index (κ3) is 40.5. The normalized spacial score (nSPS) is 13.6. The van der Waals surface area contributed by atoms with Crippen LogP contribution in [0, 0.1) is 29.6 Å². The van der Waals surface area contributed by atoms with E-state index in [1.807, 2.05) is 156 Å². The first-order valence-corrected chi connectivity index (χ1v) is 35.4. The Morgan fingerprint density at radius 3 is 1.30 bits per heavy atom. The number of aliphatic hydroxyl groups excluding tert-OH is 2. The maximum absolute atomic E-state index is 13.9. The lowest BCUT2D eigenvalue weighted by atomic mass is 9.87. The van der Waals surface area contributed by atoms with E-state index in [1.165, 1.54) is 0 Å². The molecular formula is C77H118N8O15. The van der Waals surface area contributed by atoms with Crippen molar-refractivity contribution in [1.82, 2.24) is 26.6 Å². The highest BCUT2D eigenvalue weighted by Gasteiger charge is 2.34. The van der Waals surface area contributed by atoms with Gasteiger partial charge in [-0.15, -0.1) is 0 Å². The Labute approximate surface area is 593 Å². The van der Waals surface area contributed by atoms with Crippen LogP contribution in [0.2, 0.25) is 0 Å². The van der Waals surface area contributed by atoms with E-state index in [1.54, 1.807) is 20.8 Å². The molecule has 0 saturated carbocycles. The molecule has 0 fully saturated rings. The molecule has 100 heavy (non-hydrogen) atoms. The van der Waals surface area contributed by atoms with E-state index in [4.69, 9.17) is 41.6 Å². The summed E-state index contributed by atoms with van der Waals surface area (Å²) in [7, 11) is 0. The second kappa shape index (κ2) is 51.4. The molecule has 0 aliphatic heterocycles. The quantitative estimate of drug-likeness (QED) is 0.0193. The number of benzene rings is 4. The summed E-state index contributed by atoms with van der Waals surface area (Å²) in [5.74, 6) is -5.02. The van der Waals surface area contributed by atoms with Gasteiger partial charge < -0.3 is 73.3 Å². The number of carboxylic acid groups (broad SMARTS) is 1. The number of nitrogens with one attached hydrogen (secondary N) is 5. The largest absolute Gasteiger partial charge is 0.480 e. The van der Waals surface area contributed by atoms with Crippen molar-refractivity contribution in [3.05, 3.63) is 144 Å². The van der Waals surface area contributed by atoms with Gasteiger partial charge in [-0.3, -0.25) is 33.6 Å². The standard InChI is InChI=1S/C37H53N3O7.C36H54N4O6.C4H11NO2/c1-25(2)21-29(34(43)39-30(35(44)45)19-13-14-20-38-36(46)47-37(4,5)6)24-32(41)31(23-28-17-11-8-12-18-28)40-33(42)26(3)22-27-15-9-7-10-16-27;1-26(2)22-29(35(44)39-31(16-9-10-18-37)33(42)17-11-20-46-21-19-41)25-34(43)32(24-28-14-7-4-8-15-28)40-36(45)30(38)23-27-12-5-3-6-13-27;5-1-3-7-4-2-6/h7-12,15-18,25-26,29-31H,13-14,19-24H2,1-6H3,(H,38,46)(H,39,43)(H,40,42)(H,44,45);3-8,12-15,26,29-32,41H,9-11,16-25,37-38H2,1-2H3,(H,39,44)(H,40,45);6H,1-5H2/t26-,29+,30-,31-;29-,30+,31+,32+;/m10./s1. The van der Waals surface area contributed by atoms with Gasteiger partial charge in [0.15, 0.2) is 17.3 Å². The van der Waals surface area contributed by atoms with Gasteiger partial charge in [-0.05, 0) is 145 Å². The first-order chi connectivity index (χ1) is 47.7. The van der Waals surface area contributed by atoms with E-state index in [-0.39, 0.29) is 105 Å². The second-order valence-electron chi connectivity index (χ2n) is 27.1. The van der Waals surface area contributed by atoms with E-state index < -0.39 is 71.5 Å². The van der Waals surface area contributed by atoms with Crippen molar-refractivity contribution in [2.45, 2.75) is 194 Å². The lowest BCUT2D eigenvalue weighted by Gasteiger charge is -2.25. The predicted molar refractivity (Wildman–Crippen MR) is 388 cm³/mol. The van der Waals surface area contributed by atoms with E-state index in [0.29, 0.717) is 97.2 Å². The average molecular weight is 1400 g/mol. The molecule has 0 radical (unpaired) electrons. The number of ketones is 3. The van der Waals surface area contributed by atoms with Crippen LogP contribution in [-0.4, -0.2) is 163 Å². The smallest absolute Gasteiger partial charge is 0.407 e. The van der Waals surface area contributed by atoms with Gasteiger partial charge in [-0.25, -0.2) is 9.59 Å². The van der Waals surface area contributed by atoms with Crippen LogP contribution in [0.25, 0.3) is 0 Å². The summed E-state index contributed by atoms with van der Waals surface area (Å²) < 4.78 is 15.2. The Balaban J connectivity index is 0.000000620. The van der Waals surface area contributed by atoms with Gasteiger partial charge >= 0.3 is 12.1 Å². The molecule has 4 rings (SSSR count). The number of rotatable bonds is 47. The van der Waals surface area contributed by atoms with E-state index in [9.17, 15) is 48.3 Å². The first kappa shape index (κ1) is 88.3. The van der Waals surface area contributed by atoms with Crippen molar-refractivity contribution in [3.63, 3.8) is 0 Å². The highest BCUT2D eigenvalue weighted by Crippen LogP contribution is 2.23. The van der Waals surface area contributed by atoms with Crippen molar-refractivity contribution in [1.29, 1.82) is 0 Å². The minimum absolute atomic E-state index is 0.0637. The lowest BCUT2D eigenvalue weighted by Crippen LogP contribution is -2.51. The van der Waals surface area contributed by atoms with E-state index in [2.05, 4.69) is 26.6 Å². The van der Waals surface area contributed by atoms with Gasteiger partial charge in [-0.2, -0.15) is 0 Å². The summed E-state index contributed by atoms with van der Waals surface area (Å²) in [6, 6.07) is 33.5. The van der Waals surface area contributed by atoms with Crippen LogP contribution in [-0.2, 0) is 78.3 Å². The molecule has 0 heterocycles. The Kier molecular flexibility index (Phi) is 45.4. The number of carbonyl (C=O) groups excluding carboxylic acids is 8. The summed E-state index contributed by atoms with van der Waals surface area (Å²) in [6.07, 6.45) is 5.06. The van der Waals surface area contributed by atoms with Crippen LogP contribution in [0.5, 0.6) is 0 Å². The molecule has 14 N–H and O–H groups in total. The molecule has 0 bridgehead atoms. The zero-order valence-corrected chi connectivity index (χ0v) is 60.5. The molecule has 23 heteroatoms. The SMILES string of the molecule is CC(C)C[C@@H](CC(=O)[C@@H](Cc1ccccc1)NC(=O)[C@H](C)Cc1ccccc1)C(=O)N[C@H](CCCCNC(=O)OC(C)(C)C)C(=O)O.CC(C)C[C@@H](CC(=O)[C@@H](Cc1ccccc1)NC(=O)[C@H](N)Cc1ccccc1)C(=O)N[C@H](CCCCN)C(=O)CCCOCCO.NCCOCCO. The number of Topliss-reactive ketones (excluding diaryl/α,β-unsaturated/α-hetero) is 3. The lowest BCUT2D eigenvalue weighted by molar-refractivity contribution is -0.143. The molecule has 4 aromatic carbocycles. The van der Waals surface area contributed by atoms with Crippen LogP contribution in [0.4, 0.5) is 4.79 Å². The molecule has 23 nitrogen and oxygen atoms in total. The summed E-state index contributed by atoms with van der Waals surface area (Å²) >= 11 is 0. The van der Waals surface area contributed by atoms with Crippen molar-refractivity contribution >= 4 is 53.0 Å². The molecule has 0 aliphatic rings. The fourth-order valence-electron chi connectivity index (χ4n) is 10.8. The maximum Gasteiger partial charge on any atom is 0.407 e. The van der Waals surface area contributed by atoms with Crippen LogP contribution < -0.4 is 43.8 Å². The van der Waals surface area contributed by atoms with Gasteiger partial charge in [0.25, 0.3) is 0 Å². The number of carbonyl (C=O) groups is 9. The van der Waals surface area contributed by atoms with Gasteiger partial charge in [0, 0.05) is 56.7 Å². The van der Waals surface area contributed by atoms with Gasteiger partial charge in [-0.1, -0.05) is 156 Å². The summed E-state index contributed by atoms with van der Waals surface area (Å²) in [4.78, 5) is 118. The fourth-order valence-corrected chi connectivity index (χ4v) is 10.8. The van der Waals surface area contributed by atoms with Crippen molar-refractivity contribution in [2.24, 2.45) is 46.8 Å². The summed E-state index contributed by atoms with van der Waals surface area (Å²) in [6.45, 7) is 17.7. The number of carboxylic acids is 1. The zero-order chi connectivity index (χ0) is 74.3. The molecule has 0 aromatic heterocycles. The number of hydrogen-bond donors (Lipinski definition) is 11. The monoisotopic (exact) mass is 1390 g/mol. The molecule has 4 aromatic rings. The highest BCUT2D eigenvalue weighted by atomic mass is 16.6. The Hall–Kier alpha value is -7.77. The van der Waals surface area contributed by atoms with Crippen molar-refractivity contribution in [2.75, 3.05) is 59.3 Å². The number of ether oxygens (including phenoxy) is 3. The summed E-state index contributed by atoms with van der Waals surface area (Å²) in [5.41, 5.74) is 20.0.